The summed E-state index contributed by atoms with van der Waals surface area (Å²) in [5, 5.41) is 0. The Kier molecular flexibility index (Phi) is 4.67. The number of hydrogen-bond acceptors (Lipinski definition) is 4. The SMILES string of the molecule is O=C=NC1(c2cccc(OC3CCCSC3)c2)CCCC1. The van der Waals surface area contributed by atoms with E-state index in [1.54, 1.807) is 6.08 Å². The van der Waals surface area contributed by atoms with Crippen molar-refractivity contribution >= 4 is 17.8 Å². The molecule has 1 aromatic carbocycles. The zero-order valence-electron chi connectivity index (χ0n) is 12.2. The van der Waals surface area contributed by atoms with Crippen LogP contribution in [-0.4, -0.2) is 23.7 Å². The second kappa shape index (κ2) is 6.67. The Bertz CT molecular complexity index is 527. The number of carbonyl (C=O) groups excluding carboxylic acids is 1. The van der Waals surface area contributed by atoms with Crippen molar-refractivity contribution in [3.8, 4) is 5.75 Å². The Hall–Kier alpha value is -1.25. The molecule has 1 aliphatic heterocycles. The van der Waals surface area contributed by atoms with Crippen molar-refractivity contribution in [2.75, 3.05) is 11.5 Å². The maximum Gasteiger partial charge on any atom is 0.235 e. The van der Waals surface area contributed by atoms with Crippen molar-refractivity contribution < 1.29 is 9.53 Å². The molecule has 3 rings (SSSR count). The molecule has 0 N–H and O–H groups in total. The van der Waals surface area contributed by atoms with Gasteiger partial charge in [-0.1, -0.05) is 25.0 Å². The quantitative estimate of drug-likeness (QED) is 0.622. The zero-order chi connectivity index (χ0) is 14.5. The highest BCUT2D eigenvalue weighted by atomic mass is 32.2. The molecule has 1 aliphatic carbocycles. The first kappa shape index (κ1) is 14.7. The molecule has 1 aromatic rings. The van der Waals surface area contributed by atoms with Crippen LogP contribution in [0.4, 0.5) is 0 Å². The van der Waals surface area contributed by atoms with Crippen molar-refractivity contribution in [2.24, 2.45) is 4.99 Å². The van der Waals surface area contributed by atoms with E-state index in [2.05, 4.69) is 17.1 Å². The van der Waals surface area contributed by atoms with E-state index in [0.717, 1.165) is 49.2 Å². The van der Waals surface area contributed by atoms with Crippen molar-refractivity contribution in [1.82, 2.24) is 0 Å². The highest BCUT2D eigenvalue weighted by Gasteiger charge is 2.35. The van der Waals surface area contributed by atoms with Gasteiger partial charge >= 0.3 is 0 Å². The lowest BCUT2D eigenvalue weighted by molar-refractivity contribution is 0.211. The second-order valence-electron chi connectivity index (χ2n) is 5.93. The van der Waals surface area contributed by atoms with Gasteiger partial charge in [0, 0.05) is 5.75 Å². The smallest absolute Gasteiger partial charge is 0.235 e. The number of rotatable bonds is 4. The first-order chi connectivity index (χ1) is 10.3. The molecule has 21 heavy (non-hydrogen) atoms. The minimum atomic E-state index is -0.359. The van der Waals surface area contributed by atoms with Gasteiger partial charge in [-0.25, -0.2) is 4.79 Å². The standard InChI is InChI=1S/C17H21NO2S/c19-13-18-17(8-1-2-9-17)14-5-3-6-15(11-14)20-16-7-4-10-21-12-16/h3,5-6,11,16H,1-2,4,7-10,12H2. The summed E-state index contributed by atoms with van der Waals surface area (Å²) in [6.45, 7) is 0. The zero-order valence-corrected chi connectivity index (χ0v) is 13.0. The highest BCUT2D eigenvalue weighted by molar-refractivity contribution is 7.99. The van der Waals surface area contributed by atoms with E-state index in [4.69, 9.17) is 4.74 Å². The van der Waals surface area contributed by atoms with Crippen LogP contribution in [0, 0.1) is 0 Å². The summed E-state index contributed by atoms with van der Waals surface area (Å²) >= 11 is 1.96. The van der Waals surface area contributed by atoms with Crippen LogP contribution >= 0.6 is 11.8 Å². The van der Waals surface area contributed by atoms with Gasteiger partial charge in [0.2, 0.25) is 6.08 Å². The van der Waals surface area contributed by atoms with E-state index in [1.807, 2.05) is 23.9 Å². The summed E-state index contributed by atoms with van der Waals surface area (Å²) in [5.41, 5.74) is 0.743. The summed E-state index contributed by atoms with van der Waals surface area (Å²) in [4.78, 5) is 15.0. The molecule has 112 valence electrons. The summed E-state index contributed by atoms with van der Waals surface area (Å²) in [7, 11) is 0. The second-order valence-corrected chi connectivity index (χ2v) is 7.08. The van der Waals surface area contributed by atoms with E-state index in [1.165, 1.54) is 12.2 Å². The van der Waals surface area contributed by atoms with Gasteiger partial charge in [0.15, 0.2) is 0 Å². The molecule has 2 fully saturated rings. The molecule has 0 aromatic heterocycles. The number of hydrogen-bond donors (Lipinski definition) is 0. The van der Waals surface area contributed by atoms with E-state index in [0.29, 0.717) is 6.10 Å². The van der Waals surface area contributed by atoms with E-state index in [-0.39, 0.29) is 5.54 Å². The Balaban J connectivity index is 1.80. The molecule has 1 heterocycles. The molecule has 1 unspecified atom stereocenters. The minimum absolute atomic E-state index is 0.313. The summed E-state index contributed by atoms with van der Waals surface area (Å²) in [6.07, 6.45) is 8.57. The molecule has 1 atom stereocenters. The van der Waals surface area contributed by atoms with Crippen LogP contribution in [0.5, 0.6) is 5.75 Å². The molecule has 3 nitrogen and oxygen atoms in total. The van der Waals surface area contributed by atoms with Crippen molar-refractivity contribution in [2.45, 2.75) is 50.2 Å². The van der Waals surface area contributed by atoms with Crippen LogP contribution in [0.2, 0.25) is 0 Å². The molecule has 2 aliphatic rings. The maximum absolute atomic E-state index is 10.8. The van der Waals surface area contributed by atoms with Crippen molar-refractivity contribution in [3.63, 3.8) is 0 Å². The average molecular weight is 303 g/mol. The van der Waals surface area contributed by atoms with Gasteiger partial charge in [0.1, 0.15) is 11.9 Å². The van der Waals surface area contributed by atoms with E-state index < -0.39 is 0 Å². The largest absolute Gasteiger partial charge is 0.490 e. The predicted octanol–water partition coefficient (Wildman–Crippen LogP) is 4.07. The van der Waals surface area contributed by atoms with Gasteiger partial charge < -0.3 is 4.74 Å². The Labute approximate surface area is 130 Å². The maximum atomic E-state index is 10.8. The number of nitrogens with zero attached hydrogens (tertiary/aromatic N) is 1. The number of isocyanates is 1. The van der Waals surface area contributed by atoms with Crippen LogP contribution in [-0.2, 0) is 10.3 Å². The fourth-order valence-electron chi connectivity index (χ4n) is 3.37. The van der Waals surface area contributed by atoms with Crippen LogP contribution in [0.3, 0.4) is 0 Å². The number of aliphatic imine (C=N–C) groups is 1. The van der Waals surface area contributed by atoms with Gasteiger partial charge in [-0.05, 0) is 49.1 Å². The molecule has 0 amide bonds. The molecule has 0 radical (unpaired) electrons. The summed E-state index contributed by atoms with van der Waals surface area (Å²) < 4.78 is 6.12. The highest BCUT2D eigenvalue weighted by Crippen LogP contribution is 2.43. The molecular formula is C17H21NO2S. The van der Waals surface area contributed by atoms with Gasteiger partial charge in [-0.15, -0.1) is 0 Å². The molecule has 4 heteroatoms. The number of benzene rings is 1. The van der Waals surface area contributed by atoms with Gasteiger partial charge in [0.25, 0.3) is 0 Å². The number of thioether (sulfide) groups is 1. The lowest BCUT2D eigenvalue weighted by Gasteiger charge is -2.26. The molecular weight excluding hydrogens is 282 g/mol. The Morgan fingerprint density at radius 1 is 1.29 bits per heavy atom. The third kappa shape index (κ3) is 3.33. The third-order valence-electron chi connectivity index (χ3n) is 4.48. The fraction of sp³-hybridized carbons (Fsp3) is 0.588. The van der Waals surface area contributed by atoms with Crippen LogP contribution in [0.25, 0.3) is 0 Å². The summed E-state index contributed by atoms with van der Waals surface area (Å²) in [6, 6.07) is 8.16. The fourth-order valence-corrected chi connectivity index (χ4v) is 4.40. The van der Waals surface area contributed by atoms with Gasteiger partial charge in [0.05, 0.1) is 5.54 Å². The first-order valence-electron chi connectivity index (χ1n) is 7.76. The Morgan fingerprint density at radius 2 is 2.14 bits per heavy atom. The monoisotopic (exact) mass is 303 g/mol. The topological polar surface area (TPSA) is 38.7 Å². The predicted molar refractivity (Wildman–Crippen MR) is 85.7 cm³/mol. The molecule has 0 spiro atoms. The third-order valence-corrected chi connectivity index (χ3v) is 5.67. The van der Waals surface area contributed by atoms with E-state index in [9.17, 15) is 4.79 Å². The van der Waals surface area contributed by atoms with Crippen LogP contribution in [0.1, 0.15) is 44.1 Å². The normalized spacial score (nSPS) is 24.3. The van der Waals surface area contributed by atoms with Crippen molar-refractivity contribution in [1.29, 1.82) is 0 Å². The molecule has 1 saturated heterocycles. The van der Waals surface area contributed by atoms with E-state index >= 15 is 0 Å². The molecule has 0 bridgehead atoms. The minimum Gasteiger partial charge on any atom is -0.490 e. The van der Waals surface area contributed by atoms with Gasteiger partial charge in [-0.3, -0.25) is 0 Å². The van der Waals surface area contributed by atoms with Gasteiger partial charge in [-0.2, -0.15) is 16.8 Å². The van der Waals surface area contributed by atoms with Crippen molar-refractivity contribution in [3.05, 3.63) is 29.8 Å². The van der Waals surface area contributed by atoms with Crippen LogP contribution in [0.15, 0.2) is 29.3 Å². The average Bonchev–Trinajstić information content (AvgIpc) is 2.99. The lowest BCUT2D eigenvalue weighted by atomic mass is 9.89. The Morgan fingerprint density at radius 3 is 2.86 bits per heavy atom. The summed E-state index contributed by atoms with van der Waals surface area (Å²) in [5.74, 6) is 3.23. The lowest BCUT2D eigenvalue weighted by Crippen LogP contribution is -2.24. The number of ether oxygens (including phenoxy) is 1. The van der Waals surface area contributed by atoms with Crippen LogP contribution < -0.4 is 4.74 Å². The first-order valence-corrected chi connectivity index (χ1v) is 8.92. The molecule has 1 saturated carbocycles.